The van der Waals surface area contributed by atoms with Gasteiger partial charge in [0.1, 0.15) is 12.9 Å². The summed E-state index contributed by atoms with van der Waals surface area (Å²) < 4.78 is 6.27. The van der Waals surface area contributed by atoms with Gasteiger partial charge in [0.2, 0.25) is 5.91 Å². The van der Waals surface area contributed by atoms with Crippen molar-refractivity contribution in [2.75, 3.05) is 40.9 Å². The average Bonchev–Trinajstić information content (AvgIpc) is 2.86. The monoisotopic (exact) mass is 254 g/mol. The van der Waals surface area contributed by atoms with Gasteiger partial charge in [0.25, 0.3) is 0 Å². The van der Waals surface area contributed by atoms with Crippen LogP contribution in [0, 0.1) is 0 Å². The van der Waals surface area contributed by atoms with Crippen LogP contribution in [0.2, 0.25) is 0 Å². The number of likely N-dealkylation sites (N-methyl/N-ethyl adjacent to an activating group) is 1. The Morgan fingerprint density at radius 1 is 1.39 bits per heavy atom. The summed E-state index contributed by atoms with van der Waals surface area (Å²) in [7, 11) is 4.85. The lowest BCUT2D eigenvalue weighted by molar-refractivity contribution is -0.129. The number of imidazole rings is 1. The lowest BCUT2D eigenvalue weighted by atomic mass is 10.4. The minimum absolute atomic E-state index is 0.0212. The Morgan fingerprint density at radius 2 is 2.11 bits per heavy atom. The van der Waals surface area contributed by atoms with Crippen molar-refractivity contribution in [3.8, 4) is 0 Å². The predicted octanol–water partition coefficient (Wildman–Crippen LogP) is -0.112. The quantitative estimate of drug-likeness (QED) is 0.735. The number of carbonyl (C=O) groups is 2. The first-order valence-corrected chi connectivity index (χ1v) is 5.52. The van der Waals surface area contributed by atoms with Crippen LogP contribution in [-0.4, -0.2) is 72.2 Å². The van der Waals surface area contributed by atoms with E-state index < -0.39 is 0 Å². The molecule has 0 aliphatic heterocycles. The van der Waals surface area contributed by atoms with Crippen LogP contribution in [0.5, 0.6) is 0 Å². The predicted molar refractivity (Wildman–Crippen MR) is 65.2 cm³/mol. The normalized spacial score (nSPS) is 10.2. The molecule has 18 heavy (non-hydrogen) atoms. The van der Waals surface area contributed by atoms with Crippen molar-refractivity contribution in [1.29, 1.82) is 0 Å². The van der Waals surface area contributed by atoms with E-state index in [1.54, 1.807) is 27.4 Å². The molecule has 7 nitrogen and oxygen atoms in total. The van der Waals surface area contributed by atoms with Crippen molar-refractivity contribution < 1.29 is 14.3 Å². The summed E-state index contributed by atoms with van der Waals surface area (Å²) in [6.45, 7) is 0.752. The van der Waals surface area contributed by atoms with Gasteiger partial charge in [-0.25, -0.2) is 9.78 Å². The molecule has 1 rings (SSSR count). The SMILES string of the molecule is COCCN(CC(=O)N(C)C)C(=O)n1ccnc1. The van der Waals surface area contributed by atoms with Gasteiger partial charge in [0.05, 0.1) is 6.61 Å². The summed E-state index contributed by atoms with van der Waals surface area (Å²) in [4.78, 5) is 30.4. The zero-order chi connectivity index (χ0) is 13.5. The summed E-state index contributed by atoms with van der Waals surface area (Å²) in [5, 5.41) is 0. The summed E-state index contributed by atoms with van der Waals surface area (Å²) in [6.07, 6.45) is 4.46. The lowest BCUT2D eigenvalue weighted by Gasteiger charge is -2.23. The topological polar surface area (TPSA) is 67.7 Å². The van der Waals surface area contributed by atoms with E-state index in [0.29, 0.717) is 13.2 Å². The second-order valence-electron chi connectivity index (χ2n) is 3.96. The minimum atomic E-state index is -0.292. The Kier molecular flexibility index (Phi) is 5.31. The number of ether oxygens (including phenoxy) is 1. The maximum atomic E-state index is 12.1. The van der Waals surface area contributed by atoms with E-state index in [4.69, 9.17) is 4.74 Å². The average molecular weight is 254 g/mol. The van der Waals surface area contributed by atoms with Crippen molar-refractivity contribution in [1.82, 2.24) is 19.4 Å². The molecule has 0 aliphatic rings. The molecule has 0 aliphatic carbocycles. The first-order valence-electron chi connectivity index (χ1n) is 5.52. The highest BCUT2D eigenvalue weighted by atomic mass is 16.5. The second-order valence-corrected chi connectivity index (χ2v) is 3.96. The molecule has 0 bridgehead atoms. The van der Waals surface area contributed by atoms with Crippen LogP contribution in [0.3, 0.4) is 0 Å². The van der Waals surface area contributed by atoms with Gasteiger partial charge in [-0.05, 0) is 0 Å². The van der Waals surface area contributed by atoms with E-state index in [1.165, 1.54) is 26.9 Å². The Labute approximate surface area is 106 Å². The van der Waals surface area contributed by atoms with Gasteiger partial charge in [-0.1, -0.05) is 0 Å². The fourth-order valence-corrected chi connectivity index (χ4v) is 1.28. The van der Waals surface area contributed by atoms with Crippen LogP contribution in [0.4, 0.5) is 4.79 Å². The number of amides is 2. The minimum Gasteiger partial charge on any atom is -0.383 e. The maximum absolute atomic E-state index is 12.1. The lowest BCUT2D eigenvalue weighted by Crippen LogP contribution is -2.43. The molecule has 1 aromatic rings. The molecule has 0 unspecified atom stereocenters. The highest BCUT2D eigenvalue weighted by Crippen LogP contribution is 1.98. The Morgan fingerprint density at radius 3 is 2.61 bits per heavy atom. The van der Waals surface area contributed by atoms with Gasteiger partial charge in [0.15, 0.2) is 0 Å². The fraction of sp³-hybridized carbons (Fsp3) is 0.545. The summed E-state index contributed by atoms with van der Waals surface area (Å²) >= 11 is 0. The van der Waals surface area contributed by atoms with Crippen molar-refractivity contribution in [3.63, 3.8) is 0 Å². The Balaban J connectivity index is 2.71. The first-order chi connectivity index (χ1) is 8.56. The summed E-state index contributed by atoms with van der Waals surface area (Å²) in [6, 6.07) is -0.292. The van der Waals surface area contributed by atoms with E-state index in [1.807, 2.05) is 0 Å². The molecular weight excluding hydrogens is 236 g/mol. The number of hydrogen-bond acceptors (Lipinski definition) is 4. The van der Waals surface area contributed by atoms with E-state index in [2.05, 4.69) is 4.98 Å². The standard InChI is InChI=1S/C11H18N4O3/c1-13(2)10(16)8-14(6-7-18-3)11(17)15-5-4-12-9-15/h4-5,9H,6-8H2,1-3H3. The van der Waals surface area contributed by atoms with Gasteiger partial charge >= 0.3 is 6.03 Å². The highest BCUT2D eigenvalue weighted by Gasteiger charge is 2.19. The molecule has 0 fully saturated rings. The smallest absolute Gasteiger partial charge is 0.329 e. The molecule has 100 valence electrons. The van der Waals surface area contributed by atoms with Gasteiger partial charge in [0, 0.05) is 40.1 Å². The molecule has 0 N–H and O–H groups in total. The van der Waals surface area contributed by atoms with Crippen LogP contribution < -0.4 is 0 Å². The number of carbonyl (C=O) groups excluding carboxylic acids is 2. The molecule has 0 saturated heterocycles. The van der Waals surface area contributed by atoms with E-state index in [-0.39, 0.29) is 18.5 Å². The third kappa shape index (κ3) is 3.85. The largest absolute Gasteiger partial charge is 0.383 e. The van der Waals surface area contributed by atoms with Crippen molar-refractivity contribution >= 4 is 11.9 Å². The molecule has 0 spiro atoms. The Hall–Kier alpha value is -1.89. The Bertz CT molecular complexity index is 389. The van der Waals surface area contributed by atoms with Crippen LogP contribution in [0.25, 0.3) is 0 Å². The van der Waals surface area contributed by atoms with Crippen LogP contribution in [0.1, 0.15) is 0 Å². The van der Waals surface area contributed by atoms with Crippen LogP contribution >= 0.6 is 0 Å². The van der Waals surface area contributed by atoms with E-state index >= 15 is 0 Å². The molecule has 0 atom stereocenters. The molecular formula is C11H18N4O3. The van der Waals surface area contributed by atoms with Crippen molar-refractivity contribution in [3.05, 3.63) is 18.7 Å². The van der Waals surface area contributed by atoms with Crippen molar-refractivity contribution in [2.45, 2.75) is 0 Å². The van der Waals surface area contributed by atoms with Crippen LogP contribution in [-0.2, 0) is 9.53 Å². The first kappa shape index (κ1) is 14.2. The third-order valence-electron chi connectivity index (χ3n) is 2.39. The summed E-state index contributed by atoms with van der Waals surface area (Å²) in [5.74, 6) is -0.139. The van der Waals surface area contributed by atoms with Gasteiger partial charge in [-0.15, -0.1) is 0 Å². The molecule has 0 aromatic carbocycles. The fourth-order valence-electron chi connectivity index (χ4n) is 1.28. The molecule has 1 heterocycles. The molecule has 0 saturated carbocycles. The zero-order valence-electron chi connectivity index (χ0n) is 10.9. The number of aromatic nitrogens is 2. The third-order valence-corrected chi connectivity index (χ3v) is 2.39. The second kappa shape index (κ2) is 6.75. The van der Waals surface area contributed by atoms with Gasteiger partial charge in [-0.2, -0.15) is 0 Å². The number of hydrogen-bond donors (Lipinski definition) is 0. The van der Waals surface area contributed by atoms with Gasteiger partial charge in [-0.3, -0.25) is 9.36 Å². The molecule has 7 heteroatoms. The molecule has 0 radical (unpaired) electrons. The maximum Gasteiger partial charge on any atom is 0.329 e. The zero-order valence-corrected chi connectivity index (χ0v) is 10.9. The molecule has 1 aromatic heterocycles. The summed E-state index contributed by atoms with van der Waals surface area (Å²) in [5.41, 5.74) is 0. The van der Waals surface area contributed by atoms with Crippen molar-refractivity contribution in [2.24, 2.45) is 0 Å². The molecule has 2 amide bonds. The van der Waals surface area contributed by atoms with E-state index in [0.717, 1.165) is 0 Å². The van der Waals surface area contributed by atoms with E-state index in [9.17, 15) is 9.59 Å². The number of nitrogens with zero attached hydrogens (tertiary/aromatic N) is 4. The van der Waals surface area contributed by atoms with Crippen LogP contribution in [0.15, 0.2) is 18.7 Å². The number of rotatable bonds is 5. The van der Waals surface area contributed by atoms with Gasteiger partial charge < -0.3 is 14.5 Å². The number of methoxy groups -OCH3 is 1. The highest BCUT2D eigenvalue weighted by molar-refractivity contribution is 5.84.